The average molecular weight is 464 g/mol. The van der Waals surface area contributed by atoms with Crippen LogP contribution in [-0.2, 0) is 13.0 Å². The summed E-state index contributed by atoms with van der Waals surface area (Å²) in [6, 6.07) is 8.10. The standard InChI is InChI=1S/C26H37N7O/c1-19(2)20-6-8-21(9-7-20)27-26(34)33-13-10-23-22(18-33)24(31-16-14-30(3)15-17-31)29-25(28-23)32-11-4-5-12-32/h6-9,19H,4-5,10-18H2,1-3H3,(H,27,34). The van der Waals surface area contributed by atoms with Crippen molar-refractivity contribution in [2.75, 3.05) is 68.0 Å². The molecule has 0 radical (unpaired) electrons. The van der Waals surface area contributed by atoms with Crippen molar-refractivity contribution >= 4 is 23.5 Å². The lowest BCUT2D eigenvalue weighted by atomic mass is 10.0. The van der Waals surface area contributed by atoms with Gasteiger partial charge in [-0.05, 0) is 43.5 Å². The Morgan fingerprint density at radius 2 is 1.62 bits per heavy atom. The molecule has 5 rings (SSSR count). The van der Waals surface area contributed by atoms with E-state index in [0.717, 1.165) is 74.4 Å². The van der Waals surface area contributed by atoms with E-state index in [9.17, 15) is 4.79 Å². The van der Waals surface area contributed by atoms with E-state index in [1.165, 1.54) is 18.4 Å². The van der Waals surface area contributed by atoms with Gasteiger partial charge in [-0.25, -0.2) is 9.78 Å². The number of likely N-dealkylation sites (N-methyl/N-ethyl adjacent to an activating group) is 1. The average Bonchev–Trinajstić information content (AvgIpc) is 3.39. The molecule has 0 unspecified atom stereocenters. The number of nitrogens with zero attached hydrogens (tertiary/aromatic N) is 6. The van der Waals surface area contributed by atoms with Gasteiger partial charge in [-0.2, -0.15) is 4.98 Å². The number of aromatic nitrogens is 2. The van der Waals surface area contributed by atoms with Crippen molar-refractivity contribution in [3.63, 3.8) is 0 Å². The van der Waals surface area contributed by atoms with Crippen LogP contribution in [0.15, 0.2) is 24.3 Å². The van der Waals surface area contributed by atoms with Crippen LogP contribution in [0.3, 0.4) is 0 Å². The molecule has 3 aliphatic rings. The fraction of sp³-hybridized carbons (Fsp3) is 0.577. The van der Waals surface area contributed by atoms with Gasteiger partial charge in [0.2, 0.25) is 5.95 Å². The molecule has 2 fully saturated rings. The molecular formula is C26H37N7O. The quantitative estimate of drug-likeness (QED) is 0.748. The number of anilines is 3. The van der Waals surface area contributed by atoms with Crippen LogP contribution in [0.25, 0.3) is 0 Å². The van der Waals surface area contributed by atoms with E-state index in [0.29, 0.717) is 19.0 Å². The number of amides is 2. The summed E-state index contributed by atoms with van der Waals surface area (Å²) in [5.41, 5.74) is 4.33. The third-order valence-electron chi connectivity index (χ3n) is 7.33. The number of fused-ring (bicyclic) bond motifs is 1. The summed E-state index contributed by atoms with van der Waals surface area (Å²) in [4.78, 5) is 32.2. The Labute approximate surface area is 203 Å². The van der Waals surface area contributed by atoms with Gasteiger partial charge in [-0.1, -0.05) is 26.0 Å². The molecule has 2 amide bonds. The number of piperazine rings is 1. The summed E-state index contributed by atoms with van der Waals surface area (Å²) >= 11 is 0. The van der Waals surface area contributed by atoms with E-state index < -0.39 is 0 Å². The van der Waals surface area contributed by atoms with Crippen molar-refractivity contribution in [3.05, 3.63) is 41.1 Å². The van der Waals surface area contributed by atoms with E-state index in [-0.39, 0.29) is 6.03 Å². The van der Waals surface area contributed by atoms with Gasteiger partial charge in [0.25, 0.3) is 0 Å². The number of hydrogen-bond donors (Lipinski definition) is 1. The summed E-state index contributed by atoms with van der Waals surface area (Å²) in [6.45, 7) is 11.6. The molecule has 34 heavy (non-hydrogen) atoms. The smallest absolute Gasteiger partial charge is 0.322 e. The van der Waals surface area contributed by atoms with Crippen molar-refractivity contribution in [2.24, 2.45) is 0 Å². The third-order valence-corrected chi connectivity index (χ3v) is 7.33. The van der Waals surface area contributed by atoms with E-state index >= 15 is 0 Å². The summed E-state index contributed by atoms with van der Waals surface area (Å²) in [7, 11) is 2.17. The molecule has 1 aromatic carbocycles. The minimum atomic E-state index is -0.0594. The Kier molecular flexibility index (Phi) is 6.59. The van der Waals surface area contributed by atoms with Crippen LogP contribution in [0.1, 0.15) is 49.4 Å². The first-order valence-corrected chi connectivity index (χ1v) is 12.7. The first-order chi connectivity index (χ1) is 16.5. The molecule has 0 spiro atoms. The summed E-state index contributed by atoms with van der Waals surface area (Å²) < 4.78 is 0. The van der Waals surface area contributed by atoms with E-state index in [1.807, 2.05) is 17.0 Å². The molecule has 8 heteroatoms. The SMILES string of the molecule is CC(C)c1ccc(NC(=O)N2CCc3nc(N4CCCC4)nc(N4CCN(C)CC4)c3C2)cc1. The molecule has 1 aromatic heterocycles. The first-order valence-electron chi connectivity index (χ1n) is 12.7. The highest BCUT2D eigenvalue weighted by Crippen LogP contribution is 2.31. The predicted molar refractivity (Wildman–Crippen MR) is 137 cm³/mol. The van der Waals surface area contributed by atoms with Gasteiger partial charge in [0.15, 0.2) is 0 Å². The Morgan fingerprint density at radius 1 is 0.912 bits per heavy atom. The van der Waals surface area contributed by atoms with E-state index in [2.05, 4.69) is 53.0 Å². The molecule has 182 valence electrons. The lowest BCUT2D eigenvalue weighted by Gasteiger charge is -2.37. The summed E-state index contributed by atoms with van der Waals surface area (Å²) in [5.74, 6) is 2.37. The van der Waals surface area contributed by atoms with Crippen LogP contribution in [0.5, 0.6) is 0 Å². The highest BCUT2D eigenvalue weighted by Gasteiger charge is 2.30. The molecule has 2 saturated heterocycles. The van der Waals surface area contributed by atoms with Gasteiger partial charge in [-0.3, -0.25) is 0 Å². The maximum atomic E-state index is 13.1. The fourth-order valence-electron chi connectivity index (χ4n) is 5.05. The Bertz CT molecular complexity index is 1010. The molecule has 8 nitrogen and oxygen atoms in total. The Balaban J connectivity index is 1.37. The van der Waals surface area contributed by atoms with Gasteiger partial charge in [-0.15, -0.1) is 0 Å². The maximum Gasteiger partial charge on any atom is 0.322 e. The molecule has 0 saturated carbocycles. The van der Waals surface area contributed by atoms with Crippen LogP contribution < -0.4 is 15.1 Å². The number of nitrogens with one attached hydrogen (secondary N) is 1. The van der Waals surface area contributed by atoms with Crippen LogP contribution in [0.2, 0.25) is 0 Å². The van der Waals surface area contributed by atoms with Gasteiger partial charge in [0, 0.05) is 63.5 Å². The lowest BCUT2D eigenvalue weighted by molar-refractivity contribution is 0.206. The number of carbonyl (C=O) groups is 1. The maximum absolute atomic E-state index is 13.1. The topological polar surface area (TPSA) is 67.8 Å². The largest absolute Gasteiger partial charge is 0.354 e. The number of hydrogen-bond acceptors (Lipinski definition) is 6. The van der Waals surface area contributed by atoms with Gasteiger partial charge >= 0.3 is 6.03 Å². The number of urea groups is 1. The van der Waals surface area contributed by atoms with Crippen molar-refractivity contribution < 1.29 is 4.79 Å². The summed E-state index contributed by atoms with van der Waals surface area (Å²) in [6.07, 6.45) is 3.17. The Hall–Kier alpha value is -2.87. The summed E-state index contributed by atoms with van der Waals surface area (Å²) in [5, 5.41) is 3.09. The molecule has 0 atom stereocenters. The number of benzene rings is 1. The van der Waals surface area contributed by atoms with Gasteiger partial charge in [0.1, 0.15) is 5.82 Å². The zero-order chi connectivity index (χ0) is 23.7. The molecule has 0 bridgehead atoms. The number of rotatable bonds is 4. The lowest BCUT2D eigenvalue weighted by Crippen LogP contribution is -2.46. The minimum absolute atomic E-state index is 0.0594. The van der Waals surface area contributed by atoms with Crippen LogP contribution in [0.4, 0.5) is 22.2 Å². The second kappa shape index (κ2) is 9.78. The fourth-order valence-corrected chi connectivity index (χ4v) is 5.05. The molecular weight excluding hydrogens is 426 g/mol. The minimum Gasteiger partial charge on any atom is -0.354 e. The van der Waals surface area contributed by atoms with Crippen molar-refractivity contribution in [1.82, 2.24) is 19.8 Å². The van der Waals surface area contributed by atoms with Gasteiger partial charge < -0.3 is 24.9 Å². The van der Waals surface area contributed by atoms with E-state index in [4.69, 9.17) is 9.97 Å². The highest BCUT2D eigenvalue weighted by atomic mass is 16.2. The number of carbonyl (C=O) groups excluding carboxylic acids is 1. The van der Waals surface area contributed by atoms with Crippen molar-refractivity contribution in [1.29, 1.82) is 0 Å². The molecule has 2 aromatic rings. The molecule has 3 aliphatic heterocycles. The predicted octanol–water partition coefficient (Wildman–Crippen LogP) is 3.54. The van der Waals surface area contributed by atoms with Crippen LogP contribution in [0, 0.1) is 0 Å². The first kappa shape index (κ1) is 22.9. The monoisotopic (exact) mass is 463 g/mol. The second-order valence-corrected chi connectivity index (χ2v) is 10.1. The van der Waals surface area contributed by atoms with Gasteiger partial charge in [0.05, 0.1) is 12.2 Å². The Morgan fingerprint density at radius 3 is 2.29 bits per heavy atom. The molecule has 1 N–H and O–H groups in total. The van der Waals surface area contributed by atoms with E-state index in [1.54, 1.807) is 0 Å². The van der Waals surface area contributed by atoms with Crippen molar-refractivity contribution in [2.45, 2.75) is 45.6 Å². The highest BCUT2D eigenvalue weighted by molar-refractivity contribution is 5.89. The zero-order valence-electron chi connectivity index (χ0n) is 20.8. The second-order valence-electron chi connectivity index (χ2n) is 10.1. The molecule has 0 aliphatic carbocycles. The van der Waals surface area contributed by atoms with Crippen LogP contribution >= 0.6 is 0 Å². The third kappa shape index (κ3) is 4.82. The van der Waals surface area contributed by atoms with Crippen molar-refractivity contribution in [3.8, 4) is 0 Å². The van der Waals surface area contributed by atoms with Crippen LogP contribution in [-0.4, -0.2) is 78.7 Å². The normalized spacial score (nSPS) is 19.0. The molecule has 4 heterocycles. The zero-order valence-corrected chi connectivity index (χ0v) is 20.8.